The van der Waals surface area contributed by atoms with Crippen molar-refractivity contribution in [3.63, 3.8) is 0 Å². The van der Waals surface area contributed by atoms with Crippen LogP contribution in [0.4, 0.5) is 0 Å². The van der Waals surface area contributed by atoms with Crippen molar-refractivity contribution in [2.75, 3.05) is 0 Å². The molecular weight excluding hydrogens is 167 g/mol. The maximum atomic E-state index is 10.4. The van der Waals surface area contributed by atoms with E-state index in [1.165, 1.54) is 12.1 Å². The van der Waals surface area contributed by atoms with Crippen molar-refractivity contribution in [1.82, 2.24) is 0 Å². The van der Waals surface area contributed by atoms with Crippen LogP contribution in [0.15, 0.2) is 18.2 Å². The molecule has 0 amide bonds. The number of hydrogen-bond donors (Lipinski definition) is 2. The smallest absolute Gasteiger partial charge is 0.487 e. The van der Waals surface area contributed by atoms with Crippen LogP contribution < -0.4 is 18.9 Å². The molecule has 1 aromatic carbocycles. The Hall–Kier alpha value is -1.24. The molecular formula is C8H5LiO4. The summed E-state index contributed by atoms with van der Waals surface area (Å²) < 4.78 is 0. The summed E-state index contributed by atoms with van der Waals surface area (Å²) in [6.07, 6.45) is 0. The molecule has 0 aliphatic carbocycles. The normalized spacial score (nSPS) is 8.62. The Bertz CT molecular complexity index is 305. The molecule has 1 rings (SSSR count). The standard InChI is InChI=1S/C8H5O4.Li/c9-7(10)5-2-1-3-6(4-5)8(11)12;/h2-4H,(H,9,10)(H,11,12);/q-1;+1. The van der Waals surface area contributed by atoms with E-state index >= 15 is 0 Å². The molecule has 13 heavy (non-hydrogen) atoms. The zero-order valence-corrected chi connectivity index (χ0v) is 6.94. The van der Waals surface area contributed by atoms with Crippen molar-refractivity contribution in [1.29, 1.82) is 0 Å². The second-order valence-electron chi connectivity index (χ2n) is 2.12. The third kappa shape index (κ3) is 2.94. The Labute approximate surface area is 86.4 Å². The first-order chi connectivity index (χ1) is 5.61. The summed E-state index contributed by atoms with van der Waals surface area (Å²) in [6, 6.07) is 5.95. The van der Waals surface area contributed by atoms with Gasteiger partial charge in [0.1, 0.15) is 0 Å². The minimum atomic E-state index is -1.16. The number of rotatable bonds is 2. The minimum Gasteiger partial charge on any atom is -0.487 e. The molecule has 0 aliphatic rings. The van der Waals surface area contributed by atoms with E-state index in [4.69, 9.17) is 10.2 Å². The number of benzene rings is 1. The molecule has 0 radical (unpaired) electrons. The van der Waals surface area contributed by atoms with E-state index in [1.54, 1.807) is 0 Å². The van der Waals surface area contributed by atoms with Crippen LogP contribution in [-0.2, 0) is 0 Å². The van der Waals surface area contributed by atoms with Gasteiger partial charge in [0.2, 0.25) is 0 Å². The third-order valence-corrected chi connectivity index (χ3v) is 1.28. The summed E-state index contributed by atoms with van der Waals surface area (Å²) in [5.41, 5.74) is -0.148. The average molecular weight is 172 g/mol. The van der Waals surface area contributed by atoms with Crippen LogP contribution in [0.1, 0.15) is 20.7 Å². The van der Waals surface area contributed by atoms with Crippen molar-refractivity contribution in [3.8, 4) is 0 Å². The van der Waals surface area contributed by atoms with Crippen LogP contribution in [-0.4, -0.2) is 22.2 Å². The molecule has 0 spiro atoms. The topological polar surface area (TPSA) is 74.6 Å². The first kappa shape index (κ1) is 11.8. The zero-order valence-electron chi connectivity index (χ0n) is 6.94. The Kier molecular flexibility index (Phi) is 4.25. The molecule has 0 atom stereocenters. The summed E-state index contributed by atoms with van der Waals surface area (Å²) in [5.74, 6) is -2.32. The van der Waals surface area contributed by atoms with Gasteiger partial charge >= 0.3 is 18.9 Å². The summed E-state index contributed by atoms with van der Waals surface area (Å²) in [6.45, 7) is 0. The van der Waals surface area contributed by atoms with Gasteiger partial charge in [-0.2, -0.15) is 18.2 Å². The van der Waals surface area contributed by atoms with Gasteiger partial charge in [-0.25, -0.2) is 0 Å². The van der Waals surface area contributed by atoms with Gasteiger partial charge in [-0.05, 0) is 11.1 Å². The van der Waals surface area contributed by atoms with Gasteiger partial charge in [0.15, 0.2) is 0 Å². The average Bonchev–Trinajstić information content (AvgIpc) is 2.04. The van der Waals surface area contributed by atoms with Crippen LogP contribution >= 0.6 is 0 Å². The fourth-order valence-corrected chi connectivity index (χ4v) is 0.719. The van der Waals surface area contributed by atoms with Crippen molar-refractivity contribution in [3.05, 3.63) is 35.4 Å². The van der Waals surface area contributed by atoms with Crippen LogP contribution in [0, 0.1) is 6.07 Å². The molecule has 5 heteroatoms. The Morgan fingerprint density at radius 1 is 1.08 bits per heavy atom. The Morgan fingerprint density at radius 2 is 1.46 bits per heavy atom. The van der Waals surface area contributed by atoms with E-state index in [0.29, 0.717) is 0 Å². The summed E-state index contributed by atoms with van der Waals surface area (Å²) in [4.78, 5) is 20.7. The summed E-state index contributed by atoms with van der Waals surface area (Å²) in [7, 11) is 0. The molecule has 0 unspecified atom stereocenters. The number of carbonyl (C=O) groups is 2. The van der Waals surface area contributed by atoms with Crippen molar-refractivity contribution in [2.45, 2.75) is 0 Å². The minimum absolute atomic E-state index is 0. The van der Waals surface area contributed by atoms with E-state index in [1.807, 2.05) is 0 Å². The zero-order chi connectivity index (χ0) is 9.14. The van der Waals surface area contributed by atoms with Gasteiger partial charge in [-0.1, -0.05) is 0 Å². The molecule has 1 aromatic rings. The van der Waals surface area contributed by atoms with Crippen molar-refractivity contribution < 1.29 is 38.7 Å². The second kappa shape index (κ2) is 4.70. The third-order valence-electron chi connectivity index (χ3n) is 1.28. The number of carboxylic acids is 2. The predicted octanol–water partition coefficient (Wildman–Crippen LogP) is -2.11. The first-order valence-corrected chi connectivity index (χ1v) is 3.09. The number of hydrogen-bond acceptors (Lipinski definition) is 2. The van der Waals surface area contributed by atoms with Crippen LogP contribution in [0.25, 0.3) is 0 Å². The van der Waals surface area contributed by atoms with E-state index < -0.39 is 11.9 Å². The summed E-state index contributed by atoms with van der Waals surface area (Å²) in [5, 5.41) is 17.0. The molecule has 62 valence electrons. The maximum Gasteiger partial charge on any atom is 1.00 e. The molecule has 0 aromatic heterocycles. The van der Waals surface area contributed by atoms with Crippen LogP contribution in [0.3, 0.4) is 0 Å². The molecule has 2 N–H and O–H groups in total. The van der Waals surface area contributed by atoms with Crippen molar-refractivity contribution in [2.24, 2.45) is 0 Å². The SMILES string of the molecule is O=C(O)c1c[c-]cc(C(=O)O)c1.[Li+]. The molecule has 0 saturated heterocycles. The van der Waals surface area contributed by atoms with Gasteiger partial charge in [0, 0.05) is 0 Å². The first-order valence-electron chi connectivity index (χ1n) is 3.09. The van der Waals surface area contributed by atoms with Gasteiger partial charge in [0.05, 0.1) is 0 Å². The van der Waals surface area contributed by atoms with E-state index in [0.717, 1.165) is 6.07 Å². The molecule has 0 bridgehead atoms. The molecule has 0 fully saturated rings. The Morgan fingerprint density at radius 3 is 1.77 bits per heavy atom. The van der Waals surface area contributed by atoms with E-state index in [9.17, 15) is 9.59 Å². The van der Waals surface area contributed by atoms with E-state index in [2.05, 4.69) is 6.07 Å². The maximum absolute atomic E-state index is 10.4. The van der Waals surface area contributed by atoms with E-state index in [-0.39, 0.29) is 30.0 Å². The summed E-state index contributed by atoms with van der Waals surface area (Å²) >= 11 is 0. The molecule has 0 heterocycles. The monoisotopic (exact) mass is 172 g/mol. The fraction of sp³-hybridized carbons (Fsp3) is 0. The molecule has 4 nitrogen and oxygen atoms in total. The quantitative estimate of drug-likeness (QED) is 0.395. The van der Waals surface area contributed by atoms with Gasteiger partial charge in [-0.3, -0.25) is 9.59 Å². The Balaban J connectivity index is 0.00000144. The predicted molar refractivity (Wildman–Crippen MR) is 39.2 cm³/mol. The number of aromatic carboxylic acids is 2. The molecule has 0 aliphatic heterocycles. The molecule has 0 saturated carbocycles. The van der Waals surface area contributed by atoms with Gasteiger partial charge < -0.3 is 10.2 Å². The van der Waals surface area contributed by atoms with Gasteiger partial charge in [-0.15, -0.1) is 6.07 Å². The fourth-order valence-electron chi connectivity index (χ4n) is 0.719. The van der Waals surface area contributed by atoms with Crippen LogP contribution in [0.2, 0.25) is 0 Å². The van der Waals surface area contributed by atoms with Gasteiger partial charge in [0.25, 0.3) is 11.9 Å². The van der Waals surface area contributed by atoms with Crippen molar-refractivity contribution >= 4 is 11.9 Å². The number of carboxylic acid groups (broad SMARTS) is 2. The largest absolute Gasteiger partial charge is 1.00 e. The second-order valence-corrected chi connectivity index (χ2v) is 2.12. The van der Waals surface area contributed by atoms with Crippen LogP contribution in [0.5, 0.6) is 0 Å².